The van der Waals surface area contributed by atoms with E-state index >= 15 is 0 Å². The second-order valence-corrected chi connectivity index (χ2v) is 7.76. The Morgan fingerprint density at radius 3 is 1.79 bits per heavy atom. The Labute approximate surface area is 176 Å². The molecule has 0 fully saturated rings. The normalized spacial score (nSPS) is 10.7. The minimum Gasteiger partial charge on any atom is -0.494 e. The quantitative estimate of drug-likeness (QED) is 0.188. The molecule has 2 aromatic rings. The first-order valence-electron chi connectivity index (χ1n) is 11.2. The molecule has 0 spiro atoms. The van der Waals surface area contributed by atoms with Crippen LogP contribution in [-0.4, -0.2) is 12.6 Å². The fourth-order valence-corrected chi connectivity index (χ4v) is 3.24. The molecule has 0 aromatic heterocycles. The summed E-state index contributed by atoms with van der Waals surface area (Å²) in [5.74, 6) is 1.00. The molecule has 3 nitrogen and oxygen atoms in total. The topological polar surface area (TPSA) is 35.5 Å². The first-order valence-corrected chi connectivity index (χ1v) is 11.2. The summed E-state index contributed by atoms with van der Waals surface area (Å²) >= 11 is 0. The molecule has 0 unspecified atom stereocenters. The van der Waals surface area contributed by atoms with Crippen LogP contribution in [0.4, 0.5) is 0 Å². The molecular weight excluding hydrogens is 360 g/mol. The lowest BCUT2D eigenvalue weighted by atomic mass is 10.1. The number of hydrogen-bond donors (Lipinski definition) is 0. The summed E-state index contributed by atoms with van der Waals surface area (Å²) in [6.45, 7) is 4.99. The zero-order chi connectivity index (χ0) is 20.7. The Hall–Kier alpha value is -2.29. The second kappa shape index (κ2) is 13.8. The Balaban J connectivity index is 1.57. The minimum absolute atomic E-state index is 0.352. The van der Waals surface area contributed by atoms with E-state index in [0.29, 0.717) is 11.3 Å². The van der Waals surface area contributed by atoms with E-state index in [2.05, 4.69) is 6.92 Å². The molecule has 2 rings (SSSR count). The predicted molar refractivity (Wildman–Crippen MR) is 120 cm³/mol. The Kier molecular flexibility index (Phi) is 11.0. The maximum Gasteiger partial charge on any atom is 0.343 e. The average Bonchev–Trinajstić information content (AvgIpc) is 2.74. The molecule has 0 aliphatic carbocycles. The Morgan fingerprint density at radius 2 is 1.21 bits per heavy atom. The van der Waals surface area contributed by atoms with Gasteiger partial charge in [-0.2, -0.15) is 0 Å². The van der Waals surface area contributed by atoms with Crippen LogP contribution in [0, 0.1) is 6.92 Å². The SMILES string of the molecule is CCCCCCCCCCCCOc1ccc(C(=O)Oc2ccc(C)cc2)cc1. The van der Waals surface area contributed by atoms with Gasteiger partial charge in [0.05, 0.1) is 12.2 Å². The standard InChI is InChI=1S/C26H36O3/c1-3-4-5-6-7-8-9-10-11-12-21-28-24-19-15-23(16-20-24)26(27)29-25-17-13-22(2)14-18-25/h13-20H,3-12,21H2,1-2H3. The number of unbranched alkanes of at least 4 members (excludes halogenated alkanes) is 9. The summed E-state index contributed by atoms with van der Waals surface area (Å²) < 4.78 is 11.2. The molecule has 0 heterocycles. The van der Waals surface area contributed by atoms with Gasteiger partial charge in [-0.25, -0.2) is 4.79 Å². The lowest BCUT2D eigenvalue weighted by Crippen LogP contribution is -2.08. The molecule has 3 heteroatoms. The summed E-state index contributed by atoms with van der Waals surface area (Å²) in [5, 5.41) is 0. The number of carbonyl (C=O) groups is 1. The van der Waals surface area contributed by atoms with Crippen molar-refractivity contribution < 1.29 is 14.3 Å². The van der Waals surface area contributed by atoms with Gasteiger partial charge in [-0.1, -0.05) is 82.4 Å². The van der Waals surface area contributed by atoms with Gasteiger partial charge < -0.3 is 9.47 Å². The van der Waals surface area contributed by atoms with Crippen molar-refractivity contribution in [3.8, 4) is 11.5 Å². The molecule has 0 saturated heterocycles. The van der Waals surface area contributed by atoms with Crippen molar-refractivity contribution in [2.24, 2.45) is 0 Å². The summed E-state index contributed by atoms with van der Waals surface area (Å²) in [6.07, 6.45) is 13.2. The monoisotopic (exact) mass is 396 g/mol. The predicted octanol–water partition coefficient (Wildman–Crippen LogP) is 7.51. The zero-order valence-corrected chi connectivity index (χ0v) is 18.1. The van der Waals surface area contributed by atoms with E-state index in [4.69, 9.17) is 9.47 Å². The van der Waals surface area contributed by atoms with E-state index in [9.17, 15) is 4.79 Å². The van der Waals surface area contributed by atoms with Gasteiger partial charge in [-0.15, -0.1) is 0 Å². The van der Waals surface area contributed by atoms with Crippen molar-refractivity contribution in [1.29, 1.82) is 0 Å². The third kappa shape index (κ3) is 9.65. The first kappa shape index (κ1) is 23.0. The van der Waals surface area contributed by atoms with Crippen LogP contribution in [0.5, 0.6) is 11.5 Å². The van der Waals surface area contributed by atoms with Crippen LogP contribution < -0.4 is 9.47 Å². The van der Waals surface area contributed by atoms with Crippen LogP contribution in [-0.2, 0) is 0 Å². The van der Waals surface area contributed by atoms with E-state index in [1.165, 1.54) is 57.8 Å². The number of hydrogen-bond acceptors (Lipinski definition) is 3. The molecular formula is C26H36O3. The number of ether oxygens (including phenoxy) is 2. The van der Waals surface area contributed by atoms with Crippen LogP contribution in [0.2, 0.25) is 0 Å². The van der Waals surface area contributed by atoms with Crippen LogP contribution in [0.15, 0.2) is 48.5 Å². The van der Waals surface area contributed by atoms with Gasteiger partial charge in [0.25, 0.3) is 0 Å². The fourth-order valence-electron chi connectivity index (χ4n) is 3.24. The van der Waals surface area contributed by atoms with E-state index < -0.39 is 0 Å². The summed E-state index contributed by atoms with van der Waals surface area (Å²) in [7, 11) is 0. The van der Waals surface area contributed by atoms with Crippen LogP contribution >= 0.6 is 0 Å². The maximum absolute atomic E-state index is 12.2. The van der Waals surface area contributed by atoms with E-state index in [1.54, 1.807) is 24.3 Å². The van der Waals surface area contributed by atoms with E-state index in [-0.39, 0.29) is 5.97 Å². The molecule has 2 aromatic carbocycles. The number of aryl methyl sites for hydroxylation is 1. The highest BCUT2D eigenvalue weighted by atomic mass is 16.5. The molecule has 158 valence electrons. The molecule has 0 saturated carbocycles. The van der Waals surface area contributed by atoms with Gasteiger partial charge in [-0.3, -0.25) is 0 Å². The fraction of sp³-hybridized carbons (Fsp3) is 0.500. The van der Waals surface area contributed by atoms with Gasteiger partial charge in [0.1, 0.15) is 11.5 Å². The minimum atomic E-state index is -0.352. The van der Waals surface area contributed by atoms with Crippen LogP contribution in [0.1, 0.15) is 87.1 Å². The molecule has 0 atom stereocenters. The van der Waals surface area contributed by atoms with Gasteiger partial charge in [0, 0.05) is 0 Å². The van der Waals surface area contributed by atoms with Crippen molar-refractivity contribution >= 4 is 5.97 Å². The number of rotatable bonds is 14. The Bertz CT molecular complexity index is 689. The third-order valence-corrected chi connectivity index (χ3v) is 5.09. The van der Waals surface area contributed by atoms with Crippen LogP contribution in [0.25, 0.3) is 0 Å². The average molecular weight is 397 g/mol. The zero-order valence-electron chi connectivity index (χ0n) is 18.1. The Morgan fingerprint density at radius 1 is 0.690 bits per heavy atom. The summed E-state index contributed by atoms with van der Waals surface area (Å²) in [6, 6.07) is 14.6. The highest BCUT2D eigenvalue weighted by Crippen LogP contribution is 2.17. The van der Waals surface area contributed by atoms with E-state index in [0.717, 1.165) is 24.3 Å². The lowest BCUT2D eigenvalue weighted by molar-refractivity contribution is 0.0734. The lowest BCUT2D eigenvalue weighted by Gasteiger charge is -2.08. The van der Waals surface area contributed by atoms with Crippen molar-refractivity contribution in [2.45, 2.75) is 78.1 Å². The highest BCUT2D eigenvalue weighted by Gasteiger charge is 2.08. The van der Waals surface area contributed by atoms with Gasteiger partial charge >= 0.3 is 5.97 Å². The number of benzene rings is 2. The first-order chi connectivity index (χ1) is 14.2. The van der Waals surface area contributed by atoms with E-state index in [1.807, 2.05) is 31.2 Å². The van der Waals surface area contributed by atoms with Crippen molar-refractivity contribution in [1.82, 2.24) is 0 Å². The molecule has 0 radical (unpaired) electrons. The number of esters is 1. The largest absolute Gasteiger partial charge is 0.494 e. The third-order valence-electron chi connectivity index (χ3n) is 5.09. The van der Waals surface area contributed by atoms with Crippen molar-refractivity contribution in [2.75, 3.05) is 6.61 Å². The molecule has 0 amide bonds. The second-order valence-electron chi connectivity index (χ2n) is 7.76. The van der Waals surface area contributed by atoms with Gasteiger partial charge in [-0.05, 0) is 49.7 Å². The van der Waals surface area contributed by atoms with Crippen molar-refractivity contribution in [3.05, 3.63) is 59.7 Å². The maximum atomic E-state index is 12.2. The summed E-state index contributed by atoms with van der Waals surface area (Å²) in [5.41, 5.74) is 1.66. The molecule has 0 N–H and O–H groups in total. The smallest absolute Gasteiger partial charge is 0.343 e. The van der Waals surface area contributed by atoms with Crippen molar-refractivity contribution in [3.63, 3.8) is 0 Å². The molecule has 0 bridgehead atoms. The number of carbonyl (C=O) groups excluding carboxylic acids is 1. The van der Waals surface area contributed by atoms with Gasteiger partial charge in [0.2, 0.25) is 0 Å². The van der Waals surface area contributed by atoms with Gasteiger partial charge in [0.15, 0.2) is 0 Å². The summed E-state index contributed by atoms with van der Waals surface area (Å²) in [4.78, 5) is 12.2. The highest BCUT2D eigenvalue weighted by molar-refractivity contribution is 5.91. The molecule has 0 aliphatic heterocycles. The molecule has 29 heavy (non-hydrogen) atoms. The van der Waals surface area contributed by atoms with Crippen LogP contribution in [0.3, 0.4) is 0 Å². The molecule has 0 aliphatic rings.